The van der Waals surface area contributed by atoms with Gasteiger partial charge >= 0.3 is 11.9 Å². The van der Waals surface area contributed by atoms with E-state index in [0.29, 0.717) is 44.2 Å². The molecule has 2 aliphatic rings. The number of hydrogen-bond donors (Lipinski definition) is 1. The number of likely N-dealkylation sites (tertiary alicyclic amines) is 2. The van der Waals surface area contributed by atoms with E-state index >= 15 is 0 Å². The Labute approximate surface area is 461 Å². The van der Waals surface area contributed by atoms with Crippen molar-refractivity contribution in [3.63, 3.8) is 0 Å². The van der Waals surface area contributed by atoms with Crippen LogP contribution in [0.1, 0.15) is 72.3 Å². The van der Waals surface area contributed by atoms with Gasteiger partial charge in [-0.3, -0.25) is 18.9 Å². The molecule has 2 heterocycles. The zero-order valence-electron chi connectivity index (χ0n) is 44.8. The molecule has 6 aromatic rings. The van der Waals surface area contributed by atoms with Gasteiger partial charge in [-0.25, -0.2) is 18.4 Å². The molecule has 2 amide bonds. The number of carbonyl (C=O) groups excluding carboxylic acids is 4. The second-order valence-electron chi connectivity index (χ2n) is 18.0. The Kier molecular flexibility index (Phi) is 24.6. The fourth-order valence-corrected chi connectivity index (χ4v) is 9.43. The number of rotatable bonds is 11. The number of amides is 2. The maximum Gasteiger partial charge on any atom is 0.328 e. The van der Waals surface area contributed by atoms with Crippen LogP contribution in [0.4, 0.5) is 13.2 Å². The molecule has 10 nitrogen and oxygen atoms in total. The number of halogens is 4. The molecule has 2 saturated heterocycles. The van der Waals surface area contributed by atoms with Crippen LogP contribution in [0.3, 0.4) is 0 Å². The number of piperidine rings is 2. The first-order valence-electron chi connectivity index (χ1n) is 25.8. The van der Waals surface area contributed by atoms with Gasteiger partial charge in [-0.15, -0.1) is 0 Å². The van der Waals surface area contributed by atoms with Crippen molar-refractivity contribution in [2.45, 2.75) is 61.7 Å². The first-order chi connectivity index (χ1) is 37.9. The SMILES string of the molecule is CN[C@H]1CCN(C(=O)C(c2ccccc2)c2ccccc2)[C@H](C(=O)OC)C1.COC(=O)[C@@H]1C[C@@H](N(C)CC#Cc2ccc(F)cc2)CCN1C(=O)C(c1ccccc1)c1ccccc1.Fc1ccc(C#CCBr)cc1.[2H]CF. The summed E-state index contributed by atoms with van der Waals surface area (Å²) in [7, 11) is 5.58. The molecule has 8 rings (SSSR count). The summed E-state index contributed by atoms with van der Waals surface area (Å²) in [5, 5.41) is 3.86. The number of carbonyl (C=O) groups is 4. The van der Waals surface area contributed by atoms with Crippen molar-refractivity contribution >= 4 is 39.7 Å². The summed E-state index contributed by atoms with van der Waals surface area (Å²) in [6.45, 7) is 1.45. The predicted molar refractivity (Wildman–Crippen MR) is 300 cm³/mol. The van der Waals surface area contributed by atoms with Gasteiger partial charge in [0.2, 0.25) is 11.8 Å². The van der Waals surface area contributed by atoms with E-state index < -0.39 is 37.0 Å². The maximum atomic E-state index is 14.0. The van der Waals surface area contributed by atoms with E-state index in [1.165, 1.54) is 38.5 Å². The van der Waals surface area contributed by atoms with Gasteiger partial charge in [0.1, 0.15) is 23.7 Å². The highest BCUT2D eigenvalue weighted by Crippen LogP contribution is 2.33. The zero-order chi connectivity index (χ0) is 56.2. The fraction of sp³-hybridized carbons (Fsp3) is 0.302. The van der Waals surface area contributed by atoms with E-state index in [2.05, 4.69) is 49.8 Å². The van der Waals surface area contributed by atoms with Crippen LogP contribution < -0.4 is 5.32 Å². The number of alkyl halides is 2. The monoisotopic (exact) mass is 1110 g/mol. The molecule has 0 saturated carbocycles. The van der Waals surface area contributed by atoms with Crippen LogP contribution in [-0.2, 0) is 28.7 Å². The van der Waals surface area contributed by atoms with Crippen molar-refractivity contribution < 1.29 is 43.2 Å². The van der Waals surface area contributed by atoms with Crippen LogP contribution in [0.15, 0.2) is 170 Å². The van der Waals surface area contributed by atoms with Gasteiger partial charge in [-0.05, 0) is 111 Å². The Balaban J connectivity index is 0.000000237. The molecule has 402 valence electrons. The molecular weight excluding hydrogens is 1050 g/mol. The number of ether oxygens (including phenoxy) is 2. The van der Waals surface area contributed by atoms with E-state index in [0.717, 1.165) is 39.8 Å². The number of hydrogen-bond acceptors (Lipinski definition) is 8. The van der Waals surface area contributed by atoms with Gasteiger partial charge in [0, 0.05) is 36.3 Å². The molecule has 14 heteroatoms. The minimum Gasteiger partial charge on any atom is -0.467 e. The summed E-state index contributed by atoms with van der Waals surface area (Å²) < 4.78 is 51.1. The third-order valence-corrected chi connectivity index (χ3v) is 13.6. The lowest BCUT2D eigenvalue weighted by Gasteiger charge is -2.42. The van der Waals surface area contributed by atoms with Crippen LogP contribution >= 0.6 is 15.9 Å². The normalized spacial score (nSPS) is 16.7. The van der Waals surface area contributed by atoms with Crippen LogP contribution in [0.5, 0.6) is 0 Å². The van der Waals surface area contributed by atoms with Crippen molar-refractivity contribution in [3.8, 4) is 23.7 Å². The Morgan fingerprint density at radius 3 is 1.35 bits per heavy atom. The third-order valence-electron chi connectivity index (χ3n) is 13.3. The first kappa shape index (κ1) is 58.8. The van der Waals surface area contributed by atoms with Crippen LogP contribution in [0.2, 0.25) is 0 Å². The molecule has 2 aliphatic heterocycles. The van der Waals surface area contributed by atoms with Gasteiger partial charge in [0.15, 0.2) is 0 Å². The summed E-state index contributed by atoms with van der Waals surface area (Å²) in [6, 6.07) is 50.0. The summed E-state index contributed by atoms with van der Waals surface area (Å²) in [4.78, 5) is 58.4. The second kappa shape index (κ2) is 32.2. The quantitative estimate of drug-likeness (QED) is 0.0777. The molecule has 2 fully saturated rings. The van der Waals surface area contributed by atoms with Crippen molar-refractivity contribution in [3.05, 3.63) is 215 Å². The fourth-order valence-electron chi connectivity index (χ4n) is 9.29. The van der Waals surface area contributed by atoms with Gasteiger partial charge in [0.05, 0.1) is 46.5 Å². The second-order valence-corrected chi connectivity index (χ2v) is 18.6. The molecule has 77 heavy (non-hydrogen) atoms. The average Bonchev–Trinajstić information content (AvgIpc) is 3.51. The van der Waals surface area contributed by atoms with Gasteiger partial charge < -0.3 is 24.6 Å². The highest BCUT2D eigenvalue weighted by atomic mass is 79.9. The van der Waals surface area contributed by atoms with Crippen LogP contribution in [-0.4, -0.2) is 123 Å². The number of nitrogens with one attached hydrogen (secondary N) is 1. The van der Waals surface area contributed by atoms with Crippen molar-refractivity contribution in [1.82, 2.24) is 20.0 Å². The Morgan fingerprint density at radius 2 is 0.987 bits per heavy atom. The number of nitrogens with zero attached hydrogens (tertiary/aromatic N) is 3. The molecule has 1 N–H and O–H groups in total. The summed E-state index contributed by atoms with van der Waals surface area (Å²) in [5.74, 6) is 9.46. The largest absolute Gasteiger partial charge is 0.467 e. The van der Waals surface area contributed by atoms with Crippen molar-refractivity contribution in [2.24, 2.45) is 0 Å². The van der Waals surface area contributed by atoms with Crippen molar-refractivity contribution in [2.75, 3.05) is 60.4 Å². The predicted octanol–water partition coefficient (Wildman–Crippen LogP) is 10.2. The highest BCUT2D eigenvalue weighted by Gasteiger charge is 2.42. The zero-order valence-corrected chi connectivity index (χ0v) is 45.4. The summed E-state index contributed by atoms with van der Waals surface area (Å²) in [6.07, 6.45) is 2.55. The molecule has 0 aliphatic carbocycles. The first-order valence-corrected chi connectivity index (χ1v) is 26.2. The molecule has 0 unspecified atom stereocenters. The number of esters is 2. The molecular formula is C63H66BrF3N4O6. The molecule has 0 bridgehead atoms. The van der Waals surface area contributed by atoms with Gasteiger partial charge in [-0.2, -0.15) is 0 Å². The highest BCUT2D eigenvalue weighted by molar-refractivity contribution is 9.09. The number of benzene rings is 6. The number of methoxy groups -OCH3 is 2. The standard InChI is InChI=1S/C31H31FN2O3.C22H26N2O3.C9H6BrF.CH3F/c1-33(20-9-10-23-15-17-26(32)18-16-23)27-19-21-34(28(22-27)31(36)37-2)30(35)29(24-11-5-3-6-12-24)25-13-7-4-8-14-25;1-23-18-13-14-24(19(15-18)22(26)27-2)21(25)20(16-9-5-3-6-10-16)17-11-7-4-8-12-17;10-7-1-2-8-3-5-9(11)6-4-8;1-2/h3-8,11-18,27-29H,19-22H2,1-2H3;3-12,18-20,23H,13-15H2,1-2H3;3-6H,7H2;1H3/t27-,28-;18-,19-;;/m00../s1/i;;;1D. The van der Waals surface area contributed by atoms with E-state index in [9.17, 15) is 32.3 Å². The van der Waals surface area contributed by atoms with Gasteiger partial charge in [0.25, 0.3) is 0 Å². The minimum absolute atomic E-state index is 0.0579. The topological polar surface area (TPSA) is 108 Å². The molecule has 6 aromatic carbocycles. The average molecular weight is 1110 g/mol. The van der Waals surface area contributed by atoms with Crippen LogP contribution in [0.25, 0.3) is 0 Å². The maximum absolute atomic E-state index is 14.0. The lowest BCUT2D eigenvalue weighted by atomic mass is 9.87. The van der Waals surface area contributed by atoms with Gasteiger partial charge in [-0.1, -0.05) is 161 Å². The lowest BCUT2D eigenvalue weighted by Crippen LogP contribution is -2.55. The minimum atomic E-state index is -1.00. The Bertz CT molecular complexity index is 2830. The lowest BCUT2D eigenvalue weighted by molar-refractivity contribution is -0.156. The molecule has 4 atom stereocenters. The molecule has 0 aromatic heterocycles. The van der Waals surface area contributed by atoms with Crippen molar-refractivity contribution in [1.29, 1.82) is 0 Å². The van der Waals surface area contributed by atoms with Crippen LogP contribution in [0, 0.1) is 35.3 Å². The summed E-state index contributed by atoms with van der Waals surface area (Å²) in [5.41, 5.74) is 5.21. The third kappa shape index (κ3) is 17.8. The molecule has 0 radical (unpaired) electrons. The van der Waals surface area contributed by atoms with E-state index in [1.807, 2.05) is 135 Å². The Hall–Kier alpha value is -7.49. The Morgan fingerprint density at radius 1 is 0.623 bits per heavy atom. The molecule has 0 spiro atoms. The van der Waals surface area contributed by atoms with E-state index in [4.69, 9.17) is 10.8 Å². The smallest absolute Gasteiger partial charge is 0.328 e. The van der Waals surface area contributed by atoms with E-state index in [1.54, 1.807) is 34.1 Å². The summed E-state index contributed by atoms with van der Waals surface area (Å²) >= 11 is 3.17. The van der Waals surface area contributed by atoms with E-state index in [-0.39, 0.29) is 41.5 Å².